The number of hydrogen-bond acceptors (Lipinski definition) is 5. The molecule has 1 aromatic carbocycles. The van der Waals surface area contributed by atoms with E-state index in [-0.39, 0.29) is 28.7 Å². The van der Waals surface area contributed by atoms with Gasteiger partial charge in [0.05, 0.1) is 12.6 Å². The minimum atomic E-state index is -1.86. The SMILES string of the molecule is C[C@H]1COc2nc(NCCO[Si](C)(C)C(C)(C)C)c(Cc3ccc(F)cc3)cc2N1C(=O)CCl. The molecular weight excluding hydrogens is 473 g/mol. The van der Waals surface area contributed by atoms with Gasteiger partial charge in [-0.2, -0.15) is 4.98 Å². The Morgan fingerprint density at radius 2 is 2.00 bits per heavy atom. The van der Waals surface area contributed by atoms with Gasteiger partial charge in [0.2, 0.25) is 11.8 Å². The molecule has 0 radical (unpaired) electrons. The summed E-state index contributed by atoms with van der Waals surface area (Å²) in [4.78, 5) is 18.9. The van der Waals surface area contributed by atoms with Crippen LogP contribution in [0.15, 0.2) is 30.3 Å². The van der Waals surface area contributed by atoms with E-state index in [9.17, 15) is 9.18 Å². The van der Waals surface area contributed by atoms with E-state index in [1.165, 1.54) is 12.1 Å². The Morgan fingerprint density at radius 1 is 1.32 bits per heavy atom. The summed E-state index contributed by atoms with van der Waals surface area (Å²) in [6, 6.07) is 8.14. The van der Waals surface area contributed by atoms with Crippen LogP contribution in [0.5, 0.6) is 5.88 Å². The number of fused-ring (bicyclic) bond motifs is 1. The van der Waals surface area contributed by atoms with Gasteiger partial charge in [-0.25, -0.2) is 4.39 Å². The van der Waals surface area contributed by atoms with Crippen molar-refractivity contribution in [2.75, 3.05) is 35.9 Å². The maximum absolute atomic E-state index is 13.4. The Morgan fingerprint density at radius 3 is 2.62 bits per heavy atom. The zero-order chi connectivity index (χ0) is 25.1. The second-order valence-electron chi connectivity index (χ2n) is 10.2. The highest BCUT2D eigenvalue weighted by molar-refractivity contribution is 6.74. The van der Waals surface area contributed by atoms with E-state index in [1.54, 1.807) is 17.0 Å². The monoisotopic (exact) mass is 507 g/mol. The number of aromatic nitrogens is 1. The average Bonchev–Trinajstić information content (AvgIpc) is 2.77. The van der Waals surface area contributed by atoms with Gasteiger partial charge in [0.25, 0.3) is 0 Å². The van der Waals surface area contributed by atoms with E-state index in [0.717, 1.165) is 11.1 Å². The third-order valence-electron chi connectivity index (χ3n) is 6.56. The van der Waals surface area contributed by atoms with Crippen LogP contribution in [-0.4, -0.2) is 50.9 Å². The topological polar surface area (TPSA) is 63.7 Å². The summed E-state index contributed by atoms with van der Waals surface area (Å²) >= 11 is 5.88. The predicted molar refractivity (Wildman–Crippen MR) is 138 cm³/mol. The highest BCUT2D eigenvalue weighted by Gasteiger charge is 2.37. The van der Waals surface area contributed by atoms with Crippen molar-refractivity contribution in [1.82, 2.24) is 4.98 Å². The molecule has 2 heterocycles. The average molecular weight is 508 g/mol. The lowest BCUT2D eigenvalue weighted by atomic mass is 10.0. The number of benzene rings is 1. The van der Waals surface area contributed by atoms with Gasteiger partial charge in [0, 0.05) is 18.5 Å². The van der Waals surface area contributed by atoms with Gasteiger partial charge in [0.15, 0.2) is 8.32 Å². The largest absolute Gasteiger partial charge is 0.474 e. The molecule has 2 aromatic rings. The predicted octanol–water partition coefficient (Wildman–Crippen LogP) is 5.60. The lowest BCUT2D eigenvalue weighted by molar-refractivity contribution is -0.117. The summed E-state index contributed by atoms with van der Waals surface area (Å²) in [6.45, 7) is 14.5. The number of amides is 1. The summed E-state index contributed by atoms with van der Waals surface area (Å²) in [6.07, 6.45) is 0.517. The first kappa shape index (κ1) is 26.4. The lowest BCUT2D eigenvalue weighted by Crippen LogP contribution is -2.46. The maximum atomic E-state index is 13.4. The molecular formula is C25H35ClFN3O3Si. The normalized spacial score (nSPS) is 16.1. The number of hydrogen-bond donors (Lipinski definition) is 1. The number of alkyl halides is 1. The van der Waals surface area contributed by atoms with E-state index in [0.29, 0.717) is 43.6 Å². The molecule has 0 aliphatic carbocycles. The number of halogens is 2. The number of rotatable bonds is 8. The first-order chi connectivity index (χ1) is 15.9. The van der Waals surface area contributed by atoms with Crippen LogP contribution < -0.4 is 15.0 Å². The van der Waals surface area contributed by atoms with E-state index >= 15 is 0 Å². The molecule has 0 spiro atoms. The number of carbonyl (C=O) groups is 1. The highest BCUT2D eigenvalue weighted by Crippen LogP contribution is 2.38. The molecule has 9 heteroatoms. The Labute approximate surface area is 207 Å². The second-order valence-corrected chi connectivity index (χ2v) is 15.3. The van der Waals surface area contributed by atoms with E-state index in [1.807, 2.05) is 13.0 Å². The molecule has 6 nitrogen and oxygen atoms in total. The van der Waals surface area contributed by atoms with Crippen molar-refractivity contribution in [2.45, 2.75) is 58.3 Å². The Kier molecular flexibility index (Phi) is 8.26. The van der Waals surface area contributed by atoms with E-state index in [4.69, 9.17) is 25.7 Å². The third kappa shape index (κ3) is 6.09. The zero-order valence-corrected chi connectivity index (χ0v) is 22.6. The number of anilines is 2. The quantitative estimate of drug-likeness (QED) is 0.286. The molecule has 34 heavy (non-hydrogen) atoms. The van der Waals surface area contributed by atoms with Crippen LogP contribution in [0.1, 0.15) is 38.8 Å². The number of ether oxygens (including phenoxy) is 1. The van der Waals surface area contributed by atoms with Gasteiger partial charge in [-0.05, 0) is 48.8 Å². The lowest BCUT2D eigenvalue weighted by Gasteiger charge is -2.36. The van der Waals surface area contributed by atoms with E-state index in [2.05, 4.69) is 39.2 Å². The molecule has 0 saturated carbocycles. The molecule has 1 aliphatic rings. The smallest absolute Gasteiger partial charge is 0.242 e. The van der Waals surface area contributed by atoms with Crippen LogP contribution in [0.2, 0.25) is 18.1 Å². The molecule has 0 bridgehead atoms. The number of nitrogens with zero attached hydrogens (tertiary/aromatic N) is 2. The van der Waals surface area contributed by atoms with Crippen LogP contribution >= 0.6 is 11.6 Å². The van der Waals surface area contributed by atoms with Gasteiger partial charge in [0.1, 0.15) is 29.8 Å². The van der Waals surface area contributed by atoms with Gasteiger partial charge in [-0.3, -0.25) is 4.79 Å². The third-order valence-corrected chi connectivity index (χ3v) is 11.3. The molecule has 186 valence electrons. The fourth-order valence-electron chi connectivity index (χ4n) is 3.56. The Hall–Kier alpha value is -2.16. The summed E-state index contributed by atoms with van der Waals surface area (Å²) in [5.41, 5.74) is 2.41. The van der Waals surface area contributed by atoms with Crippen LogP contribution in [0.25, 0.3) is 0 Å². The molecule has 1 aliphatic heterocycles. The van der Waals surface area contributed by atoms with Crippen LogP contribution in [0.4, 0.5) is 15.9 Å². The molecule has 1 atom stereocenters. The molecule has 3 rings (SSSR count). The molecule has 0 unspecified atom stereocenters. The zero-order valence-electron chi connectivity index (χ0n) is 20.9. The standard InChI is InChI=1S/C25H35ClFN3O3Si/c1-17-16-32-24-21(30(17)22(31)15-26)14-19(13-18-7-9-20(27)10-8-18)23(29-24)28-11-12-33-34(5,6)25(2,3)4/h7-10,14,17H,11-13,15-16H2,1-6H3,(H,28,29)/t17-/m0/s1. The molecule has 1 amide bonds. The van der Waals surface area contributed by atoms with Crippen molar-refractivity contribution in [3.8, 4) is 5.88 Å². The van der Waals surface area contributed by atoms with Crippen LogP contribution in [-0.2, 0) is 15.6 Å². The van der Waals surface area contributed by atoms with Crippen molar-refractivity contribution in [1.29, 1.82) is 0 Å². The molecule has 0 fully saturated rings. The summed E-state index contributed by atoms with van der Waals surface area (Å²) in [5.74, 6) is 0.454. The summed E-state index contributed by atoms with van der Waals surface area (Å²) < 4.78 is 25.6. The van der Waals surface area contributed by atoms with Crippen molar-refractivity contribution >= 4 is 37.3 Å². The van der Waals surface area contributed by atoms with Gasteiger partial charge >= 0.3 is 0 Å². The number of carbonyl (C=O) groups excluding carboxylic acids is 1. The number of nitrogens with one attached hydrogen (secondary N) is 1. The number of pyridine rings is 1. The van der Waals surface area contributed by atoms with Crippen LogP contribution in [0.3, 0.4) is 0 Å². The second kappa shape index (κ2) is 10.6. The Balaban J connectivity index is 1.88. The van der Waals surface area contributed by atoms with Gasteiger partial charge < -0.3 is 19.4 Å². The van der Waals surface area contributed by atoms with Crippen LogP contribution in [0, 0.1) is 5.82 Å². The minimum absolute atomic E-state index is 0.123. The fourth-order valence-corrected chi connectivity index (χ4v) is 4.74. The molecule has 0 saturated heterocycles. The fraction of sp³-hybridized carbons (Fsp3) is 0.520. The highest BCUT2D eigenvalue weighted by atomic mass is 35.5. The summed E-state index contributed by atoms with van der Waals surface area (Å²) in [7, 11) is -1.86. The Bertz CT molecular complexity index is 1010. The van der Waals surface area contributed by atoms with Crippen molar-refractivity contribution in [3.05, 3.63) is 47.3 Å². The molecule has 1 aromatic heterocycles. The van der Waals surface area contributed by atoms with Gasteiger partial charge in [-0.15, -0.1) is 11.6 Å². The summed E-state index contributed by atoms with van der Waals surface area (Å²) in [5, 5.41) is 3.52. The van der Waals surface area contributed by atoms with Gasteiger partial charge in [-0.1, -0.05) is 32.9 Å². The van der Waals surface area contributed by atoms with Crippen molar-refractivity contribution in [3.63, 3.8) is 0 Å². The maximum Gasteiger partial charge on any atom is 0.242 e. The van der Waals surface area contributed by atoms with E-state index < -0.39 is 8.32 Å². The minimum Gasteiger partial charge on any atom is -0.474 e. The molecule has 1 N–H and O–H groups in total. The first-order valence-corrected chi connectivity index (χ1v) is 15.0. The first-order valence-electron chi connectivity index (χ1n) is 11.6. The van der Waals surface area contributed by atoms with Crippen molar-refractivity contribution in [2.24, 2.45) is 0 Å². The van der Waals surface area contributed by atoms with Crippen molar-refractivity contribution < 1.29 is 18.3 Å².